The Kier molecular flexibility index (Phi) is 6.34. The van der Waals surface area contributed by atoms with Crippen LogP contribution in [0.1, 0.15) is 24.2 Å². The zero-order chi connectivity index (χ0) is 19.3. The van der Waals surface area contributed by atoms with Crippen LogP contribution in [0.3, 0.4) is 0 Å². The molecule has 26 heavy (non-hydrogen) atoms. The van der Waals surface area contributed by atoms with Gasteiger partial charge < -0.3 is 11.2 Å². The van der Waals surface area contributed by atoms with E-state index in [0.29, 0.717) is 27.0 Å². The van der Waals surface area contributed by atoms with E-state index in [-0.39, 0.29) is 5.82 Å². The van der Waals surface area contributed by atoms with Crippen molar-refractivity contribution in [2.24, 2.45) is 15.9 Å². The Labute approximate surface area is 160 Å². The van der Waals surface area contributed by atoms with Gasteiger partial charge in [0.05, 0.1) is 17.4 Å². The molecule has 5 nitrogen and oxygen atoms in total. The number of amides is 1. The van der Waals surface area contributed by atoms with E-state index in [1.165, 1.54) is 48.7 Å². The highest BCUT2D eigenvalue weighted by Crippen LogP contribution is 2.20. The molecule has 3 N–H and O–H groups in total. The smallest absolute Gasteiger partial charge is 0.252 e. The molecule has 0 fully saturated rings. The summed E-state index contributed by atoms with van der Waals surface area (Å²) in [5, 5.41) is 7.21. The number of aliphatic imine (C=N–C) groups is 1. The zero-order valence-corrected chi connectivity index (χ0v) is 15.6. The summed E-state index contributed by atoms with van der Waals surface area (Å²) < 4.78 is 12.9. The number of carbonyl (C=O) groups is 1. The zero-order valence-electron chi connectivity index (χ0n) is 14.1. The van der Waals surface area contributed by atoms with Crippen molar-refractivity contribution in [3.8, 4) is 0 Å². The lowest BCUT2D eigenvalue weighted by atomic mass is 9.98. The van der Waals surface area contributed by atoms with Crippen molar-refractivity contribution in [1.82, 2.24) is 5.32 Å². The van der Waals surface area contributed by atoms with Gasteiger partial charge in [-0.15, -0.1) is 0 Å². The summed E-state index contributed by atoms with van der Waals surface area (Å²) in [5.74, 6) is 4.70. The predicted octanol–water partition coefficient (Wildman–Crippen LogP) is 4.36. The minimum Gasteiger partial charge on any atom is -0.341 e. The third-order valence-electron chi connectivity index (χ3n) is 3.49. The molecule has 0 heterocycles. The van der Waals surface area contributed by atoms with Gasteiger partial charge in [-0.05, 0) is 56.3 Å². The second-order valence-electron chi connectivity index (χ2n) is 5.99. The number of nitrogens with one attached hydrogen (secondary N) is 1. The largest absolute Gasteiger partial charge is 0.341 e. The summed E-state index contributed by atoms with van der Waals surface area (Å²) >= 11 is 11.9. The van der Waals surface area contributed by atoms with Crippen LogP contribution in [0.5, 0.6) is 0 Å². The van der Waals surface area contributed by atoms with E-state index in [9.17, 15) is 9.18 Å². The maximum atomic E-state index is 12.9. The Morgan fingerprint density at radius 3 is 2.27 bits per heavy atom. The quantitative estimate of drug-likeness (QED) is 0.448. The topological polar surface area (TPSA) is 79.8 Å². The predicted molar refractivity (Wildman–Crippen MR) is 104 cm³/mol. The van der Waals surface area contributed by atoms with Gasteiger partial charge in [-0.3, -0.25) is 9.79 Å². The minimum absolute atomic E-state index is 0.308. The van der Waals surface area contributed by atoms with Crippen LogP contribution in [0.2, 0.25) is 10.0 Å². The van der Waals surface area contributed by atoms with Crippen molar-refractivity contribution in [3.05, 3.63) is 63.9 Å². The lowest BCUT2D eigenvalue weighted by Crippen LogP contribution is -2.50. The lowest BCUT2D eigenvalue weighted by Gasteiger charge is -2.25. The molecule has 2 aromatic rings. The minimum atomic E-state index is -0.926. The van der Waals surface area contributed by atoms with Crippen LogP contribution in [-0.4, -0.2) is 23.4 Å². The first-order valence-corrected chi connectivity index (χ1v) is 8.33. The number of nitrogens with zero attached hydrogens (tertiary/aromatic N) is 2. The molecule has 2 aromatic carbocycles. The molecule has 0 saturated carbocycles. The highest BCUT2D eigenvalue weighted by molar-refractivity contribution is 6.36. The Balaban J connectivity index is 2.17. The molecule has 2 rings (SSSR count). The average molecular weight is 395 g/mol. The highest BCUT2D eigenvalue weighted by Gasteiger charge is 2.27. The summed E-state index contributed by atoms with van der Waals surface area (Å²) in [6, 6.07) is 10.2. The van der Waals surface area contributed by atoms with Crippen molar-refractivity contribution < 1.29 is 9.18 Å². The molecule has 0 atom stereocenters. The third kappa shape index (κ3) is 5.28. The molecule has 8 heteroatoms. The van der Waals surface area contributed by atoms with Gasteiger partial charge in [0.25, 0.3) is 5.91 Å². The van der Waals surface area contributed by atoms with Crippen LogP contribution in [0.4, 0.5) is 10.1 Å². The van der Waals surface area contributed by atoms with E-state index < -0.39 is 11.4 Å². The maximum Gasteiger partial charge on any atom is 0.252 e. The number of hydrogen-bond acceptors (Lipinski definition) is 4. The van der Waals surface area contributed by atoms with Gasteiger partial charge in [-0.1, -0.05) is 23.2 Å². The van der Waals surface area contributed by atoms with E-state index >= 15 is 0 Å². The fourth-order valence-corrected chi connectivity index (χ4v) is 2.65. The van der Waals surface area contributed by atoms with E-state index in [1.807, 2.05) is 0 Å². The second-order valence-corrected chi connectivity index (χ2v) is 6.86. The fourth-order valence-electron chi connectivity index (χ4n) is 2.12. The molecule has 0 aliphatic rings. The number of nitrogens with two attached hydrogens (primary N) is 1. The number of benzene rings is 2. The van der Waals surface area contributed by atoms with Crippen molar-refractivity contribution in [1.29, 1.82) is 0 Å². The third-order valence-corrected chi connectivity index (χ3v) is 3.93. The van der Waals surface area contributed by atoms with Gasteiger partial charge in [-0.25, -0.2) is 4.39 Å². The number of hydrazone groups is 1. The first kappa shape index (κ1) is 19.9. The van der Waals surface area contributed by atoms with Crippen molar-refractivity contribution >= 4 is 46.7 Å². The van der Waals surface area contributed by atoms with E-state index in [0.717, 1.165) is 0 Å². The molecule has 136 valence electrons. The van der Waals surface area contributed by atoms with E-state index in [2.05, 4.69) is 15.4 Å². The summed E-state index contributed by atoms with van der Waals surface area (Å²) in [4.78, 5) is 16.7. The van der Waals surface area contributed by atoms with Crippen LogP contribution in [0.25, 0.3) is 0 Å². The molecule has 0 radical (unpaired) electrons. The second kappa shape index (κ2) is 8.29. The summed E-state index contributed by atoms with van der Waals surface area (Å²) in [7, 11) is 0. The Morgan fingerprint density at radius 2 is 1.73 bits per heavy atom. The number of carbonyl (C=O) groups excluding carboxylic acids is 1. The molecule has 0 aliphatic heterocycles. The average Bonchev–Trinajstić information content (AvgIpc) is 2.55. The van der Waals surface area contributed by atoms with Gasteiger partial charge in [0, 0.05) is 15.6 Å². The fraction of sp³-hybridized carbons (Fsp3) is 0.167. The number of rotatable bonds is 5. The van der Waals surface area contributed by atoms with Gasteiger partial charge >= 0.3 is 0 Å². The Bertz CT molecular complexity index is 844. The lowest BCUT2D eigenvalue weighted by molar-refractivity contribution is 0.0932. The van der Waals surface area contributed by atoms with Crippen LogP contribution in [0, 0.1) is 5.82 Å². The van der Waals surface area contributed by atoms with Gasteiger partial charge in [-0.2, -0.15) is 5.10 Å². The van der Waals surface area contributed by atoms with Gasteiger partial charge in [0.15, 0.2) is 0 Å². The molecular formula is C18H17Cl2FN4O. The standard InChI is InChI=1S/C18H17Cl2FN4O/c1-18(2,24-17(26)11-7-12(19)9-13(20)8-11)16(25-22)10-23-15-5-3-14(21)4-6-15/h3-10H,22H2,1-2H3,(H,24,26)/b23-10?,25-16+. The Hall–Kier alpha value is -2.44. The van der Waals surface area contributed by atoms with Gasteiger partial charge in [0.1, 0.15) is 11.5 Å². The summed E-state index contributed by atoms with van der Waals surface area (Å²) in [6.07, 6.45) is 1.42. The highest BCUT2D eigenvalue weighted by atomic mass is 35.5. The molecule has 0 bridgehead atoms. The molecule has 0 spiro atoms. The van der Waals surface area contributed by atoms with E-state index in [1.54, 1.807) is 13.8 Å². The van der Waals surface area contributed by atoms with Crippen molar-refractivity contribution in [3.63, 3.8) is 0 Å². The van der Waals surface area contributed by atoms with Crippen LogP contribution < -0.4 is 11.2 Å². The van der Waals surface area contributed by atoms with E-state index in [4.69, 9.17) is 29.0 Å². The van der Waals surface area contributed by atoms with Crippen LogP contribution >= 0.6 is 23.2 Å². The summed E-state index contributed by atoms with van der Waals surface area (Å²) in [5.41, 5.74) is 0.228. The molecule has 0 aliphatic carbocycles. The molecule has 1 amide bonds. The number of hydrogen-bond donors (Lipinski definition) is 2. The Morgan fingerprint density at radius 1 is 1.15 bits per heavy atom. The monoisotopic (exact) mass is 394 g/mol. The molecular weight excluding hydrogens is 378 g/mol. The first-order chi connectivity index (χ1) is 12.2. The van der Waals surface area contributed by atoms with Crippen LogP contribution in [0.15, 0.2) is 52.6 Å². The number of halogens is 3. The van der Waals surface area contributed by atoms with Crippen molar-refractivity contribution in [2.75, 3.05) is 0 Å². The SMILES string of the molecule is CC(C)(NC(=O)c1cc(Cl)cc(Cl)c1)/C(C=Nc1ccc(F)cc1)=N/N. The maximum absolute atomic E-state index is 12.9. The van der Waals surface area contributed by atoms with Crippen molar-refractivity contribution in [2.45, 2.75) is 19.4 Å². The normalized spacial score (nSPS) is 12.4. The van der Waals surface area contributed by atoms with Crippen LogP contribution in [-0.2, 0) is 0 Å². The summed E-state index contributed by atoms with van der Waals surface area (Å²) in [6.45, 7) is 3.44. The first-order valence-electron chi connectivity index (χ1n) is 7.58. The molecule has 0 saturated heterocycles. The molecule has 0 unspecified atom stereocenters. The van der Waals surface area contributed by atoms with Gasteiger partial charge in [0.2, 0.25) is 0 Å². The molecule has 0 aromatic heterocycles.